The van der Waals surface area contributed by atoms with Crippen LogP contribution in [-0.2, 0) is 16.4 Å². The van der Waals surface area contributed by atoms with Crippen LogP contribution in [0.2, 0.25) is 0 Å². The third-order valence-corrected chi connectivity index (χ3v) is 6.35. The first-order chi connectivity index (χ1) is 8.45. The molecule has 0 bridgehead atoms. The zero-order valence-corrected chi connectivity index (χ0v) is 12.3. The minimum absolute atomic E-state index is 0.0456. The molecule has 1 aliphatic heterocycles. The smallest absolute Gasteiger partial charge is 0.214 e. The lowest BCUT2D eigenvalue weighted by atomic mass is 9.90. The lowest BCUT2D eigenvalue weighted by Gasteiger charge is -2.22. The summed E-state index contributed by atoms with van der Waals surface area (Å²) in [5, 5.41) is 1.98. The molecule has 0 radical (unpaired) electrons. The Balaban J connectivity index is 1.96. The maximum absolute atomic E-state index is 12.2. The average molecular weight is 288 g/mol. The Labute approximate surface area is 113 Å². The van der Waals surface area contributed by atoms with E-state index in [0.717, 1.165) is 11.3 Å². The summed E-state index contributed by atoms with van der Waals surface area (Å²) in [6.07, 6.45) is 1.47. The summed E-state index contributed by atoms with van der Waals surface area (Å²) in [6.45, 7) is 3.78. The van der Waals surface area contributed by atoms with Gasteiger partial charge in [-0.2, -0.15) is 0 Å². The molecule has 1 unspecified atom stereocenters. The molecule has 1 aromatic heterocycles. The minimum Gasteiger partial charge on any atom is -0.330 e. The van der Waals surface area contributed by atoms with E-state index in [1.165, 1.54) is 0 Å². The summed E-state index contributed by atoms with van der Waals surface area (Å²) in [7, 11) is -3.13. The number of hydrogen-bond acceptors (Lipinski definition) is 4. The van der Waals surface area contributed by atoms with Gasteiger partial charge in [-0.1, -0.05) is 13.0 Å². The van der Waals surface area contributed by atoms with Crippen LogP contribution in [0.4, 0.5) is 0 Å². The number of sulfonamides is 1. The highest BCUT2D eigenvalue weighted by atomic mass is 32.2. The zero-order valence-electron chi connectivity index (χ0n) is 10.6. The molecule has 1 fully saturated rings. The first kappa shape index (κ1) is 14.0. The second kappa shape index (κ2) is 5.28. The first-order valence-electron chi connectivity index (χ1n) is 6.15. The molecule has 4 nitrogen and oxygen atoms in total. The molecule has 1 aliphatic rings. The highest BCUT2D eigenvalue weighted by Gasteiger charge is 2.37. The molecule has 2 rings (SSSR count). The zero-order chi connectivity index (χ0) is 13.2. The van der Waals surface area contributed by atoms with Gasteiger partial charge in [-0.05, 0) is 36.2 Å². The van der Waals surface area contributed by atoms with Gasteiger partial charge in [0.05, 0.1) is 5.75 Å². The first-order valence-corrected chi connectivity index (χ1v) is 8.64. The molecule has 0 spiro atoms. The van der Waals surface area contributed by atoms with Crippen molar-refractivity contribution in [2.24, 2.45) is 11.1 Å². The fourth-order valence-electron chi connectivity index (χ4n) is 2.20. The SMILES string of the molecule is CC1(CN)CCN(S(=O)(=O)CCc2cccs2)C1. The van der Waals surface area contributed by atoms with Gasteiger partial charge in [0.25, 0.3) is 0 Å². The van der Waals surface area contributed by atoms with Gasteiger partial charge in [0.15, 0.2) is 0 Å². The number of thiophene rings is 1. The molecule has 1 aromatic rings. The van der Waals surface area contributed by atoms with Gasteiger partial charge in [-0.3, -0.25) is 0 Å². The third-order valence-electron chi connectivity index (χ3n) is 3.60. The Morgan fingerprint density at radius 2 is 2.33 bits per heavy atom. The third kappa shape index (κ3) is 3.12. The number of nitrogens with two attached hydrogens (primary N) is 1. The fraction of sp³-hybridized carbons (Fsp3) is 0.667. The van der Waals surface area contributed by atoms with Gasteiger partial charge in [0.2, 0.25) is 10.0 Å². The van der Waals surface area contributed by atoms with Crippen LogP contribution < -0.4 is 5.73 Å². The van der Waals surface area contributed by atoms with Gasteiger partial charge in [0.1, 0.15) is 0 Å². The van der Waals surface area contributed by atoms with Crippen LogP contribution in [0.15, 0.2) is 17.5 Å². The van der Waals surface area contributed by atoms with Crippen molar-refractivity contribution in [2.75, 3.05) is 25.4 Å². The molecule has 1 atom stereocenters. The Hall–Kier alpha value is -0.430. The maximum atomic E-state index is 12.2. The molecule has 102 valence electrons. The summed E-state index contributed by atoms with van der Waals surface area (Å²) in [4.78, 5) is 1.12. The summed E-state index contributed by atoms with van der Waals surface area (Å²) in [5.41, 5.74) is 5.66. The summed E-state index contributed by atoms with van der Waals surface area (Å²) >= 11 is 1.61. The van der Waals surface area contributed by atoms with Gasteiger partial charge < -0.3 is 5.73 Å². The minimum atomic E-state index is -3.13. The maximum Gasteiger partial charge on any atom is 0.214 e. The van der Waals surface area contributed by atoms with E-state index in [-0.39, 0.29) is 11.2 Å². The van der Waals surface area contributed by atoms with Crippen LogP contribution in [0.1, 0.15) is 18.2 Å². The highest BCUT2D eigenvalue weighted by Crippen LogP contribution is 2.30. The molecule has 2 heterocycles. The number of nitrogens with zero attached hydrogens (tertiary/aromatic N) is 1. The lowest BCUT2D eigenvalue weighted by Crippen LogP contribution is -2.36. The highest BCUT2D eigenvalue weighted by molar-refractivity contribution is 7.89. The van der Waals surface area contributed by atoms with Crippen molar-refractivity contribution in [3.8, 4) is 0 Å². The molecular weight excluding hydrogens is 268 g/mol. The van der Waals surface area contributed by atoms with E-state index in [1.807, 2.05) is 17.5 Å². The van der Waals surface area contributed by atoms with Crippen molar-refractivity contribution in [3.05, 3.63) is 22.4 Å². The second-order valence-electron chi connectivity index (χ2n) is 5.24. The molecule has 0 saturated carbocycles. The van der Waals surface area contributed by atoms with Crippen LogP contribution in [-0.4, -0.2) is 38.1 Å². The topological polar surface area (TPSA) is 63.4 Å². The van der Waals surface area contributed by atoms with Crippen LogP contribution in [0.25, 0.3) is 0 Å². The van der Waals surface area contributed by atoms with E-state index in [2.05, 4.69) is 6.92 Å². The van der Waals surface area contributed by atoms with E-state index < -0.39 is 10.0 Å². The number of aryl methyl sites for hydroxylation is 1. The largest absolute Gasteiger partial charge is 0.330 e. The summed E-state index contributed by atoms with van der Waals surface area (Å²) in [5.74, 6) is 0.203. The van der Waals surface area contributed by atoms with E-state index in [0.29, 0.717) is 26.1 Å². The Kier molecular flexibility index (Phi) is 4.11. The van der Waals surface area contributed by atoms with Crippen LogP contribution in [0.5, 0.6) is 0 Å². The quantitative estimate of drug-likeness (QED) is 0.888. The molecule has 2 N–H and O–H groups in total. The van der Waals surface area contributed by atoms with E-state index in [4.69, 9.17) is 5.73 Å². The van der Waals surface area contributed by atoms with Crippen molar-refractivity contribution in [2.45, 2.75) is 19.8 Å². The Morgan fingerprint density at radius 1 is 1.56 bits per heavy atom. The molecule has 6 heteroatoms. The molecule has 0 aromatic carbocycles. The standard InChI is InChI=1S/C12H20N2O2S2/c1-12(9-13)5-6-14(10-12)18(15,16)8-4-11-3-2-7-17-11/h2-3,7H,4-6,8-10,13H2,1H3. The average Bonchev–Trinajstić information content (AvgIpc) is 2.96. The van der Waals surface area contributed by atoms with Crippen molar-refractivity contribution in [3.63, 3.8) is 0 Å². The molecular formula is C12H20N2O2S2. The van der Waals surface area contributed by atoms with Crippen LogP contribution in [0, 0.1) is 5.41 Å². The molecule has 0 aliphatic carbocycles. The van der Waals surface area contributed by atoms with Gasteiger partial charge >= 0.3 is 0 Å². The van der Waals surface area contributed by atoms with E-state index >= 15 is 0 Å². The predicted octanol–water partition coefficient (Wildman–Crippen LogP) is 1.29. The van der Waals surface area contributed by atoms with E-state index in [9.17, 15) is 8.42 Å². The molecule has 0 amide bonds. The Morgan fingerprint density at radius 3 is 2.89 bits per heavy atom. The molecule has 1 saturated heterocycles. The summed E-state index contributed by atoms with van der Waals surface area (Å²) in [6, 6.07) is 3.93. The van der Waals surface area contributed by atoms with Crippen molar-refractivity contribution in [1.29, 1.82) is 0 Å². The monoisotopic (exact) mass is 288 g/mol. The van der Waals surface area contributed by atoms with E-state index in [1.54, 1.807) is 15.6 Å². The van der Waals surface area contributed by atoms with Crippen molar-refractivity contribution in [1.82, 2.24) is 4.31 Å². The van der Waals surface area contributed by atoms with Crippen LogP contribution in [0.3, 0.4) is 0 Å². The van der Waals surface area contributed by atoms with Crippen LogP contribution >= 0.6 is 11.3 Å². The van der Waals surface area contributed by atoms with Crippen molar-refractivity contribution < 1.29 is 8.42 Å². The van der Waals surface area contributed by atoms with Gasteiger partial charge in [-0.15, -0.1) is 11.3 Å². The second-order valence-corrected chi connectivity index (χ2v) is 8.36. The lowest BCUT2D eigenvalue weighted by molar-refractivity contribution is 0.349. The normalized spacial score (nSPS) is 25.7. The fourth-order valence-corrected chi connectivity index (χ4v) is 4.65. The van der Waals surface area contributed by atoms with Gasteiger partial charge in [0, 0.05) is 18.0 Å². The molecule has 18 heavy (non-hydrogen) atoms. The number of rotatable bonds is 5. The van der Waals surface area contributed by atoms with Crippen molar-refractivity contribution >= 4 is 21.4 Å². The Bertz CT molecular complexity index is 484. The summed E-state index contributed by atoms with van der Waals surface area (Å²) < 4.78 is 26.0. The van der Waals surface area contributed by atoms with Gasteiger partial charge in [-0.25, -0.2) is 12.7 Å². The predicted molar refractivity (Wildman–Crippen MR) is 75.2 cm³/mol. The number of hydrogen-bond donors (Lipinski definition) is 1.